The highest BCUT2D eigenvalue weighted by Crippen LogP contribution is 2.24. The second-order valence-corrected chi connectivity index (χ2v) is 6.64. The second-order valence-electron chi connectivity index (χ2n) is 6.64. The van der Waals surface area contributed by atoms with E-state index in [0.717, 1.165) is 11.1 Å². The van der Waals surface area contributed by atoms with E-state index in [1.807, 2.05) is 38.1 Å². The summed E-state index contributed by atoms with van der Waals surface area (Å²) in [6.45, 7) is 3.74. The maximum Gasteiger partial charge on any atom is 0.338 e. The Hall–Kier alpha value is -2.70. The third kappa shape index (κ3) is 4.93. The number of esters is 2. The Labute approximate surface area is 157 Å². The van der Waals surface area contributed by atoms with Gasteiger partial charge in [0.2, 0.25) is 0 Å². The number of carbonyl (C=O) groups is 2. The van der Waals surface area contributed by atoms with Gasteiger partial charge in [0, 0.05) is 6.42 Å². The number of benzene rings is 2. The van der Waals surface area contributed by atoms with Crippen LogP contribution in [-0.2, 0) is 14.2 Å². The summed E-state index contributed by atoms with van der Waals surface area (Å²) in [4.78, 5) is 24.4. The lowest BCUT2D eigenvalue weighted by molar-refractivity contribution is -0.110. The summed E-state index contributed by atoms with van der Waals surface area (Å²) in [5, 5.41) is 9.75. The van der Waals surface area contributed by atoms with Crippen molar-refractivity contribution in [1.82, 2.24) is 0 Å². The van der Waals surface area contributed by atoms with Crippen molar-refractivity contribution in [2.24, 2.45) is 0 Å². The van der Waals surface area contributed by atoms with Gasteiger partial charge in [0.15, 0.2) is 6.29 Å². The number of aliphatic hydroxyl groups is 1. The molecule has 6 nitrogen and oxygen atoms in total. The first-order valence-corrected chi connectivity index (χ1v) is 8.77. The Morgan fingerprint density at radius 3 is 2.04 bits per heavy atom. The molecule has 1 aliphatic heterocycles. The van der Waals surface area contributed by atoms with Gasteiger partial charge < -0.3 is 19.3 Å². The fraction of sp³-hybridized carbons (Fsp3) is 0.333. The van der Waals surface area contributed by atoms with Crippen molar-refractivity contribution in [2.45, 2.75) is 38.8 Å². The van der Waals surface area contributed by atoms with Gasteiger partial charge in [-0.25, -0.2) is 9.59 Å². The number of aliphatic hydroxyl groups excluding tert-OH is 1. The molecule has 0 amide bonds. The van der Waals surface area contributed by atoms with E-state index >= 15 is 0 Å². The molecule has 1 aliphatic rings. The van der Waals surface area contributed by atoms with E-state index in [2.05, 4.69) is 0 Å². The van der Waals surface area contributed by atoms with Gasteiger partial charge in [0.05, 0.1) is 11.1 Å². The van der Waals surface area contributed by atoms with Crippen molar-refractivity contribution >= 4 is 11.9 Å². The summed E-state index contributed by atoms with van der Waals surface area (Å²) in [6, 6.07) is 14.0. The summed E-state index contributed by atoms with van der Waals surface area (Å²) in [7, 11) is 0. The van der Waals surface area contributed by atoms with Crippen LogP contribution >= 0.6 is 0 Å². The van der Waals surface area contributed by atoms with Gasteiger partial charge in [-0.1, -0.05) is 35.4 Å². The first kappa shape index (κ1) is 19.1. The Balaban J connectivity index is 1.58. The topological polar surface area (TPSA) is 82.1 Å². The average molecular weight is 370 g/mol. The minimum atomic E-state index is -1.07. The van der Waals surface area contributed by atoms with Gasteiger partial charge in [-0.15, -0.1) is 0 Å². The van der Waals surface area contributed by atoms with E-state index < -0.39 is 30.4 Å². The first-order chi connectivity index (χ1) is 12.9. The van der Waals surface area contributed by atoms with E-state index in [1.165, 1.54) is 0 Å². The SMILES string of the molecule is Cc1ccc(C(=O)OC[C@H]2O[C@H](O)C[C@@H]2OC(=O)c2ccc(C)cc2)cc1. The highest BCUT2D eigenvalue weighted by atomic mass is 16.7. The van der Waals surface area contributed by atoms with Crippen molar-refractivity contribution in [3.05, 3.63) is 70.8 Å². The standard InChI is InChI=1S/C21H22O6/c1-13-3-7-15(8-4-13)20(23)25-12-18-17(11-19(22)26-18)27-21(24)16-9-5-14(2)6-10-16/h3-10,17-19,22H,11-12H2,1-2H3/t17-,18+,19-/m0/s1. The molecule has 2 aromatic rings. The Kier molecular flexibility index (Phi) is 5.88. The molecule has 3 atom stereocenters. The van der Waals surface area contributed by atoms with Crippen LogP contribution in [0.1, 0.15) is 38.3 Å². The minimum absolute atomic E-state index is 0.115. The highest BCUT2D eigenvalue weighted by Gasteiger charge is 2.38. The molecule has 1 saturated heterocycles. The molecule has 1 heterocycles. The molecule has 1 fully saturated rings. The number of hydrogen-bond donors (Lipinski definition) is 1. The quantitative estimate of drug-likeness (QED) is 0.815. The van der Waals surface area contributed by atoms with E-state index in [9.17, 15) is 14.7 Å². The molecule has 0 unspecified atom stereocenters. The summed E-state index contributed by atoms with van der Waals surface area (Å²) < 4.78 is 16.1. The van der Waals surface area contributed by atoms with Crippen molar-refractivity contribution in [3.63, 3.8) is 0 Å². The maximum absolute atomic E-state index is 12.3. The lowest BCUT2D eigenvalue weighted by atomic mass is 10.1. The maximum atomic E-state index is 12.3. The van der Waals surface area contributed by atoms with Gasteiger partial charge >= 0.3 is 11.9 Å². The predicted molar refractivity (Wildman–Crippen MR) is 97.3 cm³/mol. The third-order valence-corrected chi connectivity index (χ3v) is 4.39. The Bertz CT molecular complexity index is 796. The summed E-state index contributed by atoms with van der Waals surface area (Å²) in [5.41, 5.74) is 2.91. The zero-order chi connectivity index (χ0) is 19.4. The van der Waals surface area contributed by atoms with Crippen molar-refractivity contribution in [2.75, 3.05) is 6.61 Å². The van der Waals surface area contributed by atoms with Crippen LogP contribution in [0.25, 0.3) is 0 Å². The van der Waals surface area contributed by atoms with Gasteiger partial charge in [0.25, 0.3) is 0 Å². The Morgan fingerprint density at radius 2 is 1.48 bits per heavy atom. The normalized spacial score (nSPS) is 21.7. The average Bonchev–Trinajstić information content (AvgIpc) is 3.00. The number of aryl methyl sites for hydroxylation is 2. The van der Waals surface area contributed by atoms with Crippen molar-refractivity contribution in [1.29, 1.82) is 0 Å². The molecule has 0 saturated carbocycles. The van der Waals surface area contributed by atoms with Crippen molar-refractivity contribution in [3.8, 4) is 0 Å². The zero-order valence-electron chi connectivity index (χ0n) is 15.3. The van der Waals surface area contributed by atoms with Crippen LogP contribution in [0.3, 0.4) is 0 Å². The van der Waals surface area contributed by atoms with Crippen LogP contribution in [-0.4, -0.2) is 42.1 Å². The monoisotopic (exact) mass is 370 g/mol. The van der Waals surface area contributed by atoms with Crippen LogP contribution in [0.2, 0.25) is 0 Å². The molecular formula is C21H22O6. The first-order valence-electron chi connectivity index (χ1n) is 8.77. The van der Waals surface area contributed by atoms with E-state index in [0.29, 0.717) is 11.1 Å². The van der Waals surface area contributed by atoms with Gasteiger partial charge in [0.1, 0.15) is 18.8 Å². The molecule has 0 radical (unpaired) electrons. The molecule has 0 aliphatic carbocycles. The molecule has 6 heteroatoms. The summed E-state index contributed by atoms with van der Waals surface area (Å²) in [6.07, 6.45) is -2.35. The van der Waals surface area contributed by atoms with E-state index in [4.69, 9.17) is 14.2 Å². The molecule has 3 rings (SSSR count). The molecule has 0 aromatic heterocycles. The van der Waals surface area contributed by atoms with Crippen LogP contribution in [0, 0.1) is 13.8 Å². The van der Waals surface area contributed by atoms with Gasteiger partial charge in [-0.3, -0.25) is 0 Å². The molecule has 0 bridgehead atoms. The lowest BCUT2D eigenvalue weighted by Crippen LogP contribution is -2.32. The molecule has 142 valence electrons. The van der Waals surface area contributed by atoms with E-state index in [1.54, 1.807) is 24.3 Å². The fourth-order valence-corrected chi connectivity index (χ4v) is 2.79. The fourth-order valence-electron chi connectivity index (χ4n) is 2.79. The molecule has 27 heavy (non-hydrogen) atoms. The number of rotatable bonds is 5. The molecule has 2 aromatic carbocycles. The summed E-state index contributed by atoms with van der Waals surface area (Å²) >= 11 is 0. The molecular weight excluding hydrogens is 348 g/mol. The van der Waals surface area contributed by atoms with Crippen LogP contribution in [0.15, 0.2) is 48.5 Å². The summed E-state index contributed by atoms with van der Waals surface area (Å²) in [5.74, 6) is -1.00. The number of ether oxygens (including phenoxy) is 3. The highest BCUT2D eigenvalue weighted by molar-refractivity contribution is 5.90. The largest absolute Gasteiger partial charge is 0.459 e. The second kappa shape index (κ2) is 8.33. The zero-order valence-corrected chi connectivity index (χ0v) is 15.3. The van der Waals surface area contributed by atoms with Gasteiger partial charge in [-0.2, -0.15) is 0 Å². The number of carbonyl (C=O) groups excluding carboxylic acids is 2. The van der Waals surface area contributed by atoms with Gasteiger partial charge in [-0.05, 0) is 38.1 Å². The smallest absolute Gasteiger partial charge is 0.338 e. The Morgan fingerprint density at radius 1 is 0.963 bits per heavy atom. The van der Waals surface area contributed by atoms with E-state index in [-0.39, 0.29) is 13.0 Å². The van der Waals surface area contributed by atoms with Crippen molar-refractivity contribution < 1.29 is 28.9 Å². The minimum Gasteiger partial charge on any atom is -0.459 e. The lowest BCUT2D eigenvalue weighted by Gasteiger charge is -2.18. The van der Waals surface area contributed by atoms with Crippen LogP contribution in [0.4, 0.5) is 0 Å². The number of hydrogen-bond acceptors (Lipinski definition) is 6. The third-order valence-electron chi connectivity index (χ3n) is 4.39. The predicted octanol–water partition coefficient (Wildman–Crippen LogP) is 2.79. The van der Waals surface area contributed by atoms with Crippen LogP contribution in [0.5, 0.6) is 0 Å². The molecule has 1 N–H and O–H groups in total. The molecule has 0 spiro atoms. The van der Waals surface area contributed by atoms with Crippen LogP contribution < -0.4 is 0 Å².